The van der Waals surface area contributed by atoms with E-state index in [0.29, 0.717) is 18.7 Å². The Morgan fingerprint density at radius 3 is 2.74 bits per heavy atom. The van der Waals surface area contributed by atoms with Gasteiger partial charge in [0.05, 0.1) is 12.2 Å². The molecule has 0 radical (unpaired) electrons. The molecule has 2 unspecified atom stereocenters. The maximum absolute atomic E-state index is 11.0. The first-order valence-electron chi connectivity index (χ1n) is 7.41. The van der Waals surface area contributed by atoms with Gasteiger partial charge in [0.15, 0.2) is 0 Å². The molecule has 0 saturated carbocycles. The summed E-state index contributed by atoms with van der Waals surface area (Å²) in [5.41, 5.74) is 0.325. The molecule has 2 bridgehead atoms. The van der Waals surface area contributed by atoms with Crippen molar-refractivity contribution < 1.29 is 9.84 Å². The first-order chi connectivity index (χ1) is 9.19. The summed E-state index contributed by atoms with van der Waals surface area (Å²) in [7, 11) is 0. The van der Waals surface area contributed by atoms with E-state index in [9.17, 15) is 5.11 Å². The second-order valence-electron chi connectivity index (χ2n) is 5.89. The van der Waals surface area contributed by atoms with Gasteiger partial charge in [-0.3, -0.25) is 0 Å². The van der Waals surface area contributed by atoms with Crippen molar-refractivity contribution in [3.8, 4) is 5.75 Å². The summed E-state index contributed by atoms with van der Waals surface area (Å²) >= 11 is 0. The van der Waals surface area contributed by atoms with Crippen molar-refractivity contribution in [1.29, 1.82) is 0 Å². The van der Waals surface area contributed by atoms with Gasteiger partial charge in [0, 0.05) is 12.1 Å². The number of rotatable bonds is 3. The first kappa shape index (κ1) is 12.9. The normalized spacial score (nSPS) is 34.0. The third-order valence-electron chi connectivity index (χ3n) is 4.43. The van der Waals surface area contributed by atoms with Crippen LogP contribution in [0, 0.1) is 0 Å². The van der Waals surface area contributed by atoms with Gasteiger partial charge < -0.3 is 15.2 Å². The van der Waals surface area contributed by atoms with Crippen LogP contribution in [0.1, 0.15) is 44.6 Å². The molecular formula is C16H23NO2. The van der Waals surface area contributed by atoms with E-state index >= 15 is 0 Å². The highest BCUT2D eigenvalue weighted by molar-refractivity contribution is 5.33. The van der Waals surface area contributed by atoms with Crippen molar-refractivity contribution >= 4 is 0 Å². The molecule has 1 aromatic rings. The van der Waals surface area contributed by atoms with Gasteiger partial charge in [-0.1, -0.05) is 18.6 Å². The van der Waals surface area contributed by atoms with Crippen LogP contribution >= 0.6 is 0 Å². The molecule has 2 N–H and O–H groups in total. The summed E-state index contributed by atoms with van der Waals surface area (Å²) in [6, 6.07) is 8.91. The Hall–Kier alpha value is -1.06. The van der Waals surface area contributed by atoms with Gasteiger partial charge in [0.25, 0.3) is 0 Å². The van der Waals surface area contributed by atoms with Crippen LogP contribution in [0.3, 0.4) is 0 Å². The number of piperidine rings is 2. The van der Waals surface area contributed by atoms with Crippen molar-refractivity contribution in [2.24, 2.45) is 0 Å². The number of hydrogen-bond donors (Lipinski definition) is 2. The molecule has 3 nitrogen and oxygen atoms in total. The molecule has 0 aliphatic carbocycles. The van der Waals surface area contributed by atoms with Gasteiger partial charge in [-0.2, -0.15) is 0 Å². The number of benzene rings is 1. The summed E-state index contributed by atoms with van der Waals surface area (Å²) in [5.74, 6) is 0.858. The molecule has 2 atom stereocenters. The number of hydrogen-bond acceptors (Lipinski definition) is 3. The lowest BCUT2D eigenvalue weighted by atomic mass is 9.74. The van der Waals surface area contributed by atoms with E-state index in [1.165, 1.54) is 19.3 Å². The van der Waals surface area contributed by atoms with Crippen LogP contribution in [-0.4, -0.2) is 23.8 Å². The Morgan fingerprint density at radius 1 is 1.32 bits per heavy atom. The van der Waals surface area contributed by atoms with E-state index in [-0.39, 0.29) is 0 Å². The van der Waals surface area contributed by atoms with Crippen LogP contribution in [0.5, 0.6) is 5.75 Å². The van der Waals surface area contributed by atoms with Crippen molar-refractivity contribution in [2.75, 3.05) is 6.61 Å². The summed E-state index contributed by atoms with van der Waals surface area (Å²) in [6.07, 6.45) is 5.30. The third-order valence-corrected chi connectivity index (χ3v) is 4.43. The van der Waals surface area contributed by atoms with Crippen molar-refractivity contribution in [1.82, 2.24) is 5.32 Å². The molecule has 2 fully saturated rings. The molecule has 3 rings (SSSR count). The molecule has 19 heavy (non-hydrogen) atoms. The standard InChI is InChI=1S/C16H23NO2/c1-2-19-15-8-3-5-12(9-15)16(18)10-13-6-4-7-14(11-16)17-13/h3,5,8-9,13-14,17-18H,2,4,6-7,10-11H2,1H3. The zero-order chi connectivity index (χ0) is 13.3. The monoisotopic (exact) mass is 261 g/mol. The maximum atomic E-state index is 11.0. The number of fused-ring (bicyclic) bond motifs is 2. The molecule has 2 saturated heterocycles. The summed E-state index contributed by atoms with van der Waals surface area (Å²) in [6.45, 7) is 2.64. The third kappa shape index (κ3) is 2.63. The molecule has 1 aromatic carbocycles. The highest BCUT2D eigenvalue weighted by Crippen LogP contribution is 2.40. The Kier molecular flexibility index (Phi) is 3.50. The van der Waals surface area contributed by atoms with E-state index in [1.807, 2.05) is 31.2 Å². The zero-order valence-electron chi connectivity index (χ0n) is 11.6. The predicted molar refractivity (Wildman–Crippen MR) is 75.3 cm³/mol. The maximum Gasteiger partial charge on any atom is 0.119 e. The predicted octanol–water partition coefficient (Wildman–Crippen LogP) is 2.58. The van der Waals surface area contributed by atoms with E-state index in [4.69, 9.17) is 4.74 Å². The average Bonchev–Trinajstić information content (AvgIpc) is 2.39. The minimum Gasteiger partial charge on any atom is -0.494 e. The molecule has 2 aliphatic heterocycles. The molecule has 2 heterocycles. The van der Waals surface area contributed by atoms with Crippen LogP contribution in [0.4, 0.5) is 0 Å². The fraction of sp³-hybridized carbons (Fsp3) is 0.625. The number of aliphatic hydroxyl groups is 1. The lowest BCUT2D eigenvalue weighted by molar-refractivity contribution is -0.0360. The Morgan fingerprint density at radius 2 is 2.05 bits per heavy atom. The molecule has 3 heteroatoms. The van der Waals surface area contributed by atoms with Gasteiger partial charge in [0.1, 0.15) is 5.75 Å². The Bertz CT molecular complexity index is 434. The molecule has 0 amide bonds. The zero-order valence-corrected chi connectivity index (χ0v) is 11.6. The SMILES string of the molecule is CCOc1cccc(C2(O)CC3CCCC(C2)N3)c1. The molecule has 0 aromatic heterocycles. The second-order valence-corrected chi connectivity index (χ2v) is 5.89. The van der Waals surface area contributed by atoms with Gasteiger partial charge in [-0.25, -0.2) is 0 Å². The van der Waals surface area contributed by atoms with Gasteiger partial charge >= 0.3 is 0 Å². The van der Waals surface area contributed by atoms with Gasteiger partial charge in [0.2, 0.25) is 0 Å². The summed E-state index contributed by atoms with van der Waals surface area (Å²) < 4.78 is 5.55. The molecule has 2 aliphatic rings. The molecule has 0 spiro atoms. The van der Waals surface area contributed by atoms with Crippen LogP contribution in [-0.2, 0) is 5.60 Å². The highest BCUT2D eigenvalue weighted by Gasteiger charge is 2.41. The van der Waals surface area contributed by atoms with Gasteiger partial charge in [-0.05, 0) is 50.3 Å². The van der Waals surface area contributed by atoms with Crippen molar-refractivity contribution in [2.45, 2.75) is 56.7 Å². The van der Waals surface area contributed by atoms with E-state index in [1.54, 1.807) is 0 Å². The van der Waals surface area contributed by atoms with Gasteiger partial charge in [-0.15, -0.1) is 0 Å². The Balaban J connectivity index is 1.85. The average molecular weight is 261 g/mol. The lowest BCUT2D eigenvalue weighted by Gasteiger charge is -2.45. The lowest BCUT2D eigenvalue weighted by Crippen LogP contribution is -2.54. The van der Waals surface area contributed by atoms with Crippen LogP contribution < -0.4 is 10.1 Å². The first-order valence-corrected chi connectivity index (χ1v) is 7.41. The Labute approximate surface area is 115 Å². The minimum atomic E-state index is -0.686. The smallest absolute Gasteiger partial charge is 0.119 e. The fourth-order valence-corrected chi connectivity index (χ4v) is 3.61. The largest absolute Gasteiger partial charge is 0.494 e. The highest BCUT2D eigenvalue weighted by atomic mass is 16.5. The van der Waals surface area contributed by atoms with E-state index in [0.717, 1.165) is 24.2 Å². The van der Waals surface area contributed by atoms with E-state index < -0.39 is 5.60 Å². The van der Waals surface area contributed by atoms with Crippen molar-refractivity contribution in [3.63, 3.8) is 0 Å². The quantitative estimate of drug-likeness (QED) is 0.878. The topological polar surface area (TPSA) is 41.5 Å². The minimum absolute atomic E-state index is 0.466. The summed E-state index contributed by atoms with van der Waals surface area (Å²) in [5, 5.41) is 14.7. The van der Waals surface area contributed by atoms with E-state index in [2.05, 4.69) is 5.32 Å². The molecular weight excluding hydrogens is 238 g/mol. The fourth-order valence-electron chi connectivity index (χ4n) is 3.61. The van der Waals surface area contributed by atoms with Crippen LogP contribution in [0.15, 0.2) is 24.3 Å². The number of ether oxygens (including phenoxy) is 1. The second kappa shape index (κ2) is 5.14. The summed E-state index contributed by atoms with van der Waals surface area (Å²) in [4.78, 5) is 0. The number of nitrogens with one attached hydrogen (secondary N) is 1. The van der Waals surface area contributed by atoms with Crippen LogP contribution in [0.25, 0.3) is 0 Å². The van der Waals surface area contributed by atoms with Crippen molar-refractivity contribution in [3.05, 3.63) is 29.8 Å². The van der Waals surface area contributed by atoms with Crippen LogP contribution in [0.2, 0.25) is 0 Å². The molecule has 104 valence electrons.